The van der Waals surface area contributed by atoms with Crippen LogP contribution in [0.2, 0.25) is 0 Å². The summed E-state index contributed by atoms with van der Waals surface area (Å²) in [7, 11) is -13.6. The van der Waals surface area contributed by atoms with Gasteiger partial charge in [0.25, 0.3) is 0 Å². The van der Waals surface area contributed by atoms with Crippen molar-refractivity contribution in [2.75, 3.05) is 26.2 Å². The van der Waals surface area contributed by atoms with Crippen LogP contribution in [0, 0.1) is 0 Å². The van der Waals surface area contributed by atoms with Gasteiger partial charge in [0.15, 0.2) is 0 Å². The van der Waals surface area contributed by atoms with Crippen molar-refractivity contribution >= 4 is 7.19 Å². The Morgan fingerprint density at radius 2 is 0.679 bits per heavy atom. The van der Waals surface area contributed by atoms with E-state index in [9.17, 15) is 60.7 Å². The zero-order valence-corrected chi connectivity index (χ0v) is 15.9. The molecule has 16 heteroatoms. The summed E-state index contributed by atoms with van der Waals surface area (Å²) in [5.41, 5.74) is -17.7. The van der Waals surface area contributed by atoms with Crippen molar-refractivity contribution in [3.8, 4) is 0 Å². The maximum atomic E-state index is 12.2. The zero-order valence-electron chi connectivity index (χ0n) is 15.0. The number of rotatable bonds is 6. The van der Waals surface area contributed by atoms with Crippen LogP contribution in [0.4, 0.5) is 60.7 Å². The van der Waals surface area contributed by atoms with Gasteiger partial charge in [0, 0.05) is 0 Å². The van der Waals surface area contributed by atoms with Crippen molar-refractivity contribution in [2.24, 2.45) is 0 Å². The third-order valence-electron chi connectivity index (χ3n) is 4.50. The van der Waals surface area contributed by atoms with E-state index in [0.29, 0.717) is 0 Å². The molecular weight excluding hydrogens is 455 g/mol. The van der Waals surface area contributed by atoms with Crippen molar-refractivity contribution in [2.45, 2.75) is 51.4 Å². The third kappa shape index (κ3) is 4.29. The molecule has 0 rings (SSSR count). The molecule has 0 bridgehead atoms. The molecule has 0 atom stereocenters. The van der Waals surface area contributed by atoms with Gasteiger partial charge < -0.3 is 4.48 Å². The zero-order chi connectivity index (χ0) is 23.7. The molecule has 28 heavy (non-hydrogen) atoms. The molecule has 0 spiro atoms. The van der Waals surface area contributed by atoms with Crippen molar-refractivity contribution in [1.29, 1.82) is 0 Å². The van der Waals surface area contributed by atoms with Gasteiger partial charge in [0.1, 0.15) is 0 Å². The van der Waals surface area contributed by atoms with Gasteiger partial charge in [-0.05, 0) is 27.7 Å². The van der Waals surface area contributed by atoms with Crippen LogP contribution in [0.15, 0.2) is 0 Å². The molecule has 0 heterocycles. The number of quaternary nitrogens is 1. The Balaban J connectivity index is 0. The second-order valence-corrected chi connectivity index (χ2v) is 9.32. The molecule has 0 amide bonds. The molecule has 0 aromatic rings. The number of hydrogen-bond acceptors (Lipinski definition) is 0. The summed E-state index contributed by atoms with van der Waals surface area (Å²) in [5.74, 6) is 0. The van der Waals surface area contributed by atoms with Crippen molar-refractivity contribution < 1.29 is 65.2 Å². The Kier molecular flexibility index (Phi) is 7.69. The van der Waals surface area contributed by atoms with Crippen LogP contribution in [-0.2, 0) is 0 Å². The quantitative estimate of drug-likeness (QED) is 0.209. The molecule has 0 saturated carbocycles. The molecule has 0 aromatic carbocycles. The number of alkyl halides is 10. The third-order valence-corrected chi connectivity index (χ3v) is 7.26. The van der Waals surface area contributed by atoms with Crippen molar-refractivity contribution in [1.82, 2.24) is 0 Å². The summed E-state index contributed by atoms with van der Waals surface area (Å²) < 4.78 is 166. The van der Waals surface area contributed by atoms with Crippen LogP contribution in [0.25, 0.3) is 0 Å². The average Bonchev–Trinajstić information content (AvgIpc) is 2.47. The molecule has 0 radical (unpaired) electrons. The van der Waals surface area contributed by atoms with E-state index < -0.39 is 30.9 Å². The fourth-order valence-corrected chi connectivity index (χ4v) is 3.40. The van der Waals surface area contributed by atoms with Gasteiger partial charge in [-0.2, -0.15) is 0 Å². The Morgan fingerprint density at radius 1 is 0.500 bits per heavy atom. The van der Waals surface area contributed by atoms with Gasteiger partial charge >= 0.3 is 91.6 Å². The first kappa shape index (κ1) is 29.6. The predicted molar refractivity (Wildman–Crippen MR) is 75.8 cm³/mol. The topological polar surface area (TPSA) is 0 Å². The van der Waals surface area contributed by atoms with E-state index >= 15 is 0 Å². The van der Waals surface area contributed by atoms with E-state index in [4.69, 9.17) is 0 Å². The van der Waals surface area contributed by atoms with E-state index in [-0.39, 0.29) is 0 Å². The van der Waals surface area contributed by atoms with Gasteiger partial charge in [-0.1, -0.05) is 0 Å². The number of nitrogens with zero attached hydrogens (tertiary/aromatic N) is 1. The summed E-state index contributed by atoms with van der Waals surface area (Å²) in [4.78, 5) is 0. The van der Waals surface area contributed by atoms with Gasteiger partial charge in [-0.25, -0.2) is 0 Å². The van der Waals surface area contributed by atoms with Gasteiger partial charge in [0.2, 0.25) is 0 Å². The molecule has 0 aromatic heterocycles. The summed E-state index contributed by atoms with van der Waals surface area (Å²) >= 11 is 0. The van der Waals surface area contributed by atoms with Gasteiger partial charge in [0.05, 0.1) is 26.2 Å². The summed E-state index contributed by atoms with van der Waals surface area (Å²) in [6, 6.07) is 0. The first-order valence-electron chi connectivity index (χ1n) is 7.61. The number of hydrogen-bond donors (Lipinski definition) is 0. The Hall–Kier alpha value is -0.590. The Bertz CT molecular complexity index is 474. The van der Waals surface area contributed by atoms with Crippen molar-refractivity contribution in [3.63, 3.8) is 0 Å². The summed E-state index contributed by atoms with van der Waals surface area (Å²) in [6.45, 7) is 14.2. The second-order valence-electron chi connectivity index (χ2n) is 5.86. The maximum absolute atomic E-state index is 13.6. The molecule has 0 unspecified atom stereocenters. The number of halogens is 14. The summed E-state index contributed by atoms with van der Waals surface area (Å²) in [5, 5.41) is 0. The van der Waals surface area contributed by atoms with Gasteiger partial charge in [-0.15, -0.1) is 0 Å². The van der Waals surface area contributed by atoms with Crippen LogP contribution >= 0.6 is 7.19 Å². The van der Waals surface area contributed by atoms with E-state index in [0.717, 1.165) is 0 Å². The van der Waals surface area contributed by atoms with Gasteiger partial charge in [-0.3, -0.25) is 0 Å². The second kappa shape index (κ2) is 7.28. The molecule has 0 aliphatic heterocycles. The molecular formula is C12H20F14NP. The molecule has 1 nitrogen and oxygen atoms in total. The Labute approximate surface area is 151 Å². The normalized spacial score (nSPS) is 17.4. The van der Waals surface area contributed by atoms with E-state index in [1.807, 2.05) is 0 Å². The fraction of sp³-hybridized carbons (Fsp3) is 1.00. The van der Waals surface area contributed by atoms with E-state index in [1.165, 1.54) is 30.7 Å². The fourth-order valence-electron chi connectivity index (χ4n) is 2.03. The predicted octanol–water partition coefficient (Wildman–Crippen LogP) is 7.81. The molecule has 0 N–H and O–H groups in total. The average molecular weight is 475 g/mol. The van der Waals surface area contributed by atoms with Crippen LogP contribution in [0.3, 0.4) is 0 Å². The molecule has 0 aliphatic rings. The monoisotopic (exact) mass is 475 g/mol. The van der Waals surface area contributed by atoms with Crippen LogP contribution < -0.4 is 0 Å². The van der Waals surface area contributed by atoms with E-state index in [2.05, 4.69) is 27.7 Å². The van der Waals surface area contributed by atoms with Crippen LogP contribution in [-0.4, -0.2) is 54.3 Å². The minimum atomic E-state index is -13.6. The molecule has 0 fully saturated rings. The first-order chi connectivity index (χ1) is 11.8. The SMILES string of the molecule is CC[N+](CC)(CC)CC.FC(F)(F)C(F)(F)[P-](F)(F)(F)(F)C(F)(F)C(F)(F)F. The molecule has 0 saturated heterocycles. The minimum absolute atomic E-state index is 1.28. The first-order valence-corrected chi connectivity index (χ1v) is 9.85. The van der Waals surface area contributed by atoms with Crippen LogP contribution in [0.5, 0.6) is 0 Å². The summed E-state index contributed by atoms with van der Waals surface area (Å²) in [6.07, 6.45) is -16.0. The van der Waals surface area contributed by atoms with E-state index in [1.54, 1.807) is 0 Å². The standard InChI is InChI=1S/C8H20N.C4F14P/c1-5-9(6-2,7-3)8-4;5-1(6,7)3(11,12)19(15,16,17,18)4(13,14)2(8,9)10/h5-8H2,1-4H3;/q+1;-1. The van der Waals surface area contributed by atoms with Crippen molar-refractivity contribution in [3.05, 3.63) is 0 Å². The van der Waals surface area contributed by atoms with Crippen LogP contribution in [0.1, 0.15) is 27.7 Å². The Morgan fingerprint density at radius 3 is 0.750 bits per heavy atom. The molecule has 0 aliphatic carbocycles. The molecule has 176 valence electrons.